The maximum atomic E-state index is 13.4. The van der Waals surface area contributed by atoms with Gasteiger partial charge < -0.3 is 0 Å². The van der Waals surface area contributed by atoms with Crippen LogP contribution in [-0.2, 0) is 0 Å². The van der Waals surface area contributed by atoms with E-state index in [1.165, 1.54) is 0 Å². The zero-order valence-electron chi connectivity index (χ0n) is 7.87. The molecule has 0 unspecified atom stereocenters. The lowest BCUT2D eigenvalue weighted by Gasteiger charge is -2.08. The number of aryl methyl sites for hydroxylation is 1. The van der Waals surface area contributed by atoms with E-state index in [-0.39, 0.29) is 5.83 Å². The molecule has 2 rings (SSSR count). The first-order valence-electron chi connectivity index (χ1n) is 4.46. The van der Waals surface area contributed by atoms with Crippen molar-refractivity contribution in [2.75, 3.05) is 6.54 Å². The van der Waals surface area contributed by atoms with Crippen molar-refractivity contribution in [3.05, 3.63) is 29.6 Å². The summed E-state index contributed by atoms with van der Waals surface area (Å²) in [6.07, 6.45) is 3.54. The maximum Gasteiger partial charge on any atom is 0.125 e. The minimum Gasteiger partial charge on any atom is -0.292 e. The number of dihydropyridines is 1. The lowest BCUT2D eigenvalue weighted by Crippen LogP contribution is -2.02. The summed E-state index contributed by atoms with van der Waals surface area (Å²) < 4.78 is 13.4. The summed E-state index contributed by atoms with van der Waals surface area (Å²) in [5.41, 5.74) is 1.10. The summed E-state index contributed by atoms with van der Waals surface area (Å²) in [6.45, 7) is 2.31. The summed E-state index contributed by atoms with van der Waals surface area (Å²) >= 11 is 0. The van der Waals surface area contributed by atoms with E-state index in [9.17, 15) is 4.39 Å². The Hall–Kier alpha value is -1.58. The lowest BCUT2D eigenvalue weighted by molar-refractivity contribution is 0.595. The molecule has 3 nitrogen and oxygen atoms in total. The Kier molecular flexibility index (Phi) is 2.35. The van der Waals surface area contributed by atoms with Crippen LogP contribution in [-0.4, -0.2) is 22.7 Å². The third kappa shape index (κ3) is 1.69. The van der Waals surface area contributed by atoms with Crippen molar-refractivity contribution in [1.29, 1.82) is 0 Å². The largest absolute Gasteiger partial charge is 0.292 e. The molecule has 0 fully saturated rings. The molecule has 0 saturated carbocycles. The average Bonchev–Trinajstić information content (AvgIpc) is 2.18. The molecule has 0 amide bonds. The van der Waals surface area contributed by atoms with Gasteiger partial charge in [-0.05, 0) is 13.0 Å². The lowest BCUT2D eigenvalue weighted by atomic mass is 10.1. The van der Waals surface area contributed by atoms with Crippen LogP contribution in [0.25, 0.3) is 5.57 Å². The van der Waals surface area contributed by atoms with E-state index in [1.807, 2.05) is 0 Å². The normalized spacial score (nSPS) is 16.1. The van der Waals surface area contributed by atoms with Crippen molar-refractivity contribution in [3.8, 4) is 0 Å². The smallest absolute Gasteiger partial charge is 0.125 e. The van der Waals surface area contributed by atoms with Crippen LogP contribution in [0.15, 0.2) is 23.1 Å². The number of aromatic nitrogens is 2. The maximum absolute atomic E-state index is 13.4. The summed E-state index contributed by atoms with van der Waals surface area (Å²) in [4.78, 5) is 12.1. The first-order valence-corrected chi connectivity index (χ1v) is 4.46. The Morgan fingerprint density at radius 2 is 2.29 bits per heavy atom. The van der Waals surface area contributed by atoms with Crippen LogP contribution in [0, 0.1) is 6.92 Å². The fraction of sp³-hybridized carbons (Fsp3) is 0.300. The highest BCUT2D eigenvalue weighted by atomic mass is 19.1. The number of halogens is 1. The number of hydrogen-bond donors (Lipinski definition) is 0. The molecular formula is C10H10FN3. The van der Waals surface area contributed by atoms with Crippen molar-refractivity contribution in [1.82, 2.24) is 9.97 Å². The highest BCUT2D eigenvalue weighted by Crippen LogP contribution is 2.21. The van der Waals surface area contributed by atoms with E-state index in [1.54, 1.807) is 25.4 Å². The minimum atomic E-state index is -0.141. The molecule has 4 heteroatoms. The van der Waals surface area contributed by atoms with Crippen molar-refractivity contribution in [2.24, 2.45) is 4.99 Å². The average molecular weight is 191 g/mol. The molecule has 0 bridgehead atoms. The van der Waals surface area contributed by atoms with Gasteiger partial charge in [0.15, 0.2) is 0 Å². The molecule has 72 valence electrons. The van der Waals surface area contributed by atoms with Gasteiger partial charge in [-0.3, -0.25) is 4.99 Å². The first kappa shape index (κ1) is 8.99. The van der Waals surface area contributed by atoms with E-state index in [4.69, 9.17) is 0 Å². The minimum absolute atomic E-state index is 0.141. The highest BCUT2D eigenvalue weighted by Gasteiger charge is 2.11. The zero-order chi connectivity index (χ0) is 9.97. The topological polar surface area (TPSA) is 38.1 Å². The molecule has 2 heterocycles. The standard InChI is InChI=1S/C10H10FN3/c1-7-13-5-3-10(14-7)8-6-12-4-2-9(8)11/h3,5-6H,2,4H2,1H3. The summed E-state index contributed by atoms with van der Waals surface area (Å²) in [5.74, 6) is 0.500. The molecule has 1 aromatic rings. The molecule has 0 radical (unpaired) electrons. The number of nitrogens with zero attached hydrogens (tertiary/aromatic N) is 3. The third-order valence-electron chi connectivity index (χ3n) is 2.03. The molecule has 0 aromatic carbocycles. The van der Waals surface area contributed by atoms with E-state index >= 15 is 0 Å². The molecule has 0 aliphatic carbocycles. The Morgan fingerprint density at radius 1 is 1.43 bits per heavy atom. The Bertz CT molecular complexity index is 410. The van der Waals surface area contributed by atoms with Crippen LogP contribution in [0.3, 0.4) is 0 Å². The number of allylic oxidation sites excluding steroid dienone is 1. The van der Waals surface area contributed by atoms with Gasteiger partial charge in [-0.2, -0.15) is 0 Å². The van der Waals surface area contributed by atoms with E-state index in [0.717, 1.165) is 0 Å². The predicted octanol–water partition coefficient (Wildman–Crippen LogP) is 1.94. The van der Waals surface area contributed by atoms with E-state index in [2.05, 4.69) is 15.0 Å². The van der Waals surface area contributed by atoms with Crippen molar-refractivity contribution < 1.29 is 4.39 Å². The van der Waals surface area contributed by atoms with Gasteiger partial charge in [0, 0.05) is 31.0 Å². The summed E-state index contributed by atoms with van der Waals surface area (Å²) in [7, 11) is 0. The fourth-order valence-electron chi connectivity index (χ4n) is 1.33. The second kappa shape index (κ2) is 3.65. The Morgan fingerprint density at radius 3 is 3.00 bits per heavy atom. The monoisotopic (exact) mass is 191 g/mol. The van der Waals surface area contributed by atoms with Crippen molar-refractivity contribution >= 4 is 11.8 Å². The van der Waals surface area contributed by atoms with Gasteiger partial charge in [0.25, 0.3) is 0 Å². The van der Waals surface area contributed by atoms with Crippen LogP contribution >= 0.6 is 0 Å². The van der Waals surface area contributed by atoms with Gasteiger partial charge >= 0.3 is 0 Å². The fourth-order valence-corrected chi connectivity index (χ4v) is 1.33. The SMILES string of the molecule is Cc1nccc(C2=C(F)CCN=C2)n1. The molecule has 0 N–H and O–H groups in total. The molecule has 14 heavy (non-hydrogen) atoms. The van der Waals surface area contributed by atoms with Gasteiger partial charge in [-0.1, -0.05) is 0 Å². The molecule has 0 atom stereocenters. The quantitative estimate of drug-likeness (QED) is 0.680. The van der Waals surface area contributed by atoms with Crippen molar-refractivity contribution in [3.63, 3.8) is 0 Å². The molecule has 1 aromatic heterocycles. The third-order valence-corrected chi connectivity index (χ3v) is 2.03. The zero-order valence-corrected chi connectivity index (χ0v) is 7.87. The summed E-state index contributed by atoms with van der Waals surface area (Å²) in [6, 6.07) is 1.69. The highest BCUT2D eigenvalue weighted by molar-refractivity contribution is 6.10. The van der Waals surface area contributed by atoms with Crippen LogP contribution in [0.5, 0.6) is 0 Å². The Labute approximate surface area is 81.4 Å². The van der Waals surface area contributed by atoms with Crippen LogP contribution in [0.2, 0.25) is 0 Å². The van der Waals surface area contributed by atoms with E-state index in [0.29, 0.717) is 30.1 Å². The van der Waals surface area contributed by atoms with Gasteiger partial charge in [0.1, 0.15) is 11.7 Å². The second-order valence-corrected chi connectivity index (χ2v) is 3.09. The molecule has 0 spiro atoms. The molecule has 1 aliphatic rings. The summed E-state index contributed by atoms with van der Waals surface area (Å²) in [5, 5.41) is 0. The van der Waals surface area contributed by atoms with Gasteiger partial charge in [0.05, 0.1) is 5.69 Å². The number of aliphatic imine (C=N–C) groups is 1. The van der Waals surface area contributed by atoms with Crippen LogP contribution < -0.4 is 0 Å². The first-order chi connectivity index (χ1) is 6.77. The second-order valence-electron chi connectivity index (χ2n) is 3.09. The number of rotatable bonds is 1. The molecule has 1 aliphatic heterocycles. The van der Waals surface area contributed by atoms with Crippen LogP contribution in [0.4, 0.5) is 4.39 Å². The predicted molar refractivity (Wildman–Crippen MR) is 52.8 cm³/mol. The van der Waals surface area contributed by atoms with Gasteiger partial charge in [0.2, 0.25) is 0 Å². The Balaban J connectivity index is 2.44. The van der Waals surface area contributed by atoms with Crippen molar-refractivity contribution in [2.45, 2.75) is 13.3 Å². The van der Waals surface area contributed by atoms with Gasteiger partial charge in [-0.25, -0.2) is 14.4 Å². The van der Waals surface area contributed by atoms with Crippen LogP contribution in [0.1, 0.15) is 17.9 Å². The molecular weight excluding hydrogens is 181 g/mol. The molecule has 0 saturated heterocycles. The van der Waals surface area contributed by atoms with E-state index < -0.39 is 0 Å². The number of hydrogen-bond acceptors (Lipinski definition) is 3. The van der Waals surface area contributed by atoms with Gasteiger partial charge in [-0.15, -0.1) is 0 Å².